The summed E-state index contributed by atoms with van der Waals surface area (Å²) in [5, 5.41) is 23.9. The number of para-hydroxylation sites is 1. The summed E-state index contributed by atoms with van der Waals surface area (Å²) in [6.07, 6.45) is 2.44. The van der Waals surface area contributed by atoms with Gasteiger partial charge in [0.05, 0.1) is 10.5 Å². The minimum Gasteiger partial charge on any atom is -0.308 e. The van der Waals surface area contributed by atoms with Gasteiger partial charge in [-0.2, -0.15) is 0 Å². The van der Waals surface area contributed by atoms with E-state index in [-0.39, 0.29) is 5.69 Å². The molecule has 0 bridgehead atoms. The van der Waals surface area contributed by atoms with Crippen molar-refractivity contribution < 1.29 is 4.92 Å². The predicted molar refractivity (Wildman–Crippen MR) is 71.9 cm³/mol. The third kappa shape index (κ3) is 2.77. The monoisotopic (exact) mass is 276 g/mol. The highest BCUT2D eigenvalue weighted by molar-refractivity contribution is 7.14. The van der Waals surface area contributed by atoms with Crippen molar-refractivity contribution in [1.29, 1.82) is 0 Å². The molecule has 1 aliphatic carbocycles. The third-order valence-corrected chi connectivity index (χ3v) is 3.87. The van der Waals surface area contributed by atoms with Crippen LogP contribution < -0.4 is 5.32 Å². The van der Waals surface area contributed by atoms with E-state index in [9.17, 15) is 10.1 Å². The number of benzene rings is 1. The Morgan fingerprint density at radius 2 is 2.16 bits per heavy atom. The molecule has 19 heavy (non-hydrogen) atoms. The van der Waals surface area contributed by atoms with Gasteiger partial charge in [-0.3, -0.25) is 10.1 Å². The SMILES string of the molecule is O=[N+]([O-])c1ccccc1-c1nnc(CNC2CC2)s1. The molecule has 0 saturated heterocycles. The molecule has 0 amide bonds. The van der Waals surface area contributed by atoms with Crippen LogP contribution in [0.3, 0.4) is 0 Å². The van der Waals surface area contributed by atoms with Crippen LogP contribution in [0.5, 0.6) is 0 Å². The van der Waals surface area contributed by atoms with Gasteiger partial charge in [0, 0.05) is 18.7 Å². The van der Waals surface area contributed by atoms with E-state index in [0.29, 0.717) is 23.2 Å². The van der Waals surface area contributed by atoms with Crippen LogP contribution in [0.4, 0.5) is 5.69 Å². The zero-order valence-electron chi connectivity index (χ0n) is 10.1. The second kappa shape index (κ2) is 5.02. The summed E-state index contributed by atoms with van der Waals surface area (Å²) in [7, 11) is 0. The Kier molecular flexibility index (Phi) is 3.22. The largest absolute Gasteiger partial charge is 0.308 e. The maximum Gasteiger partial charge on any atom is 0.279 e. The van der Waals surface area contributed by atoms with E-state index in [1.807, 2.05) is 0 Å². The number of nitrogens with zero attached hydrogens (tertiary/aromatic N) is 3. The highest BCUT2D eigenvalue weighted by atomic mass is 32.1. The maximum atomic E-state index is 11.0. The van der Waals surface area contributed by atoms with Gasteiger partial charge in [-0.1, -0.05) is 23.5 Å². The van der Waals surface area contributed by atoms with Crippen LogP contribution in [0.25, 0.3) is 10.6 Å². The van der Waals surface area contributed by atoms with Gasteiger partial charge < -0.3 is 5.32 Å². The van der Waals surface area contributed by atoms with E-state index in [4.69, 9.17) is 0 Å². The quantitative estimate of drug-likeness (QED) is 0.669. The van der Waals surface area contributed by atoms with Crippen molar-refractivity contribution in [3.05, 3.63) is 39.4 Å². The van der Waals surface area contributed by atoms with Crippen LogP contribution >= 0.6 is 11.3 Å². The molecule has 0 spiro atoms. The summed E-state index contributed by atoms with van der Waals surface area (Å²) in [5.41, 5.74) is 0.600. The summed E-state index contributed by atoms with van der Waals surface area (Å²) >= 11 is 1.40. The van der Waals surface area contributed by atoms with Crippen molar-refractivity contribution in [2.75, 3.05) is 0 Å². The van der Waals surface area contributed by atoms with Gasteiger partial charge >= 0.3 is 0 Å². The number of aromatic nitrogens is 2. The van der Waals surface area contributed by atoms with Crippen LogP contribution in [-0.2, 0) is 6.54 Å². The van der Waals surface area contributed by atoms with Gasteiger partial charge in [-0.25, -0.2) is 0 Å². The maximum absolute atomic E-state index is 11.0. The molecule has 1 fully saturated rings. The van der Waals surface area contributed by atoms with Crippen LogP contribution in [0.2, 0.25) is 0 Å². The minimum atomic E-state index is -0.390. The lowest BCUT2D eigenvalue weighted by Gasteiger charge is -1.97. The molecule has 1 aromatic carbocycles. The first-order valence-corrected chi connectivity index (χ1v) is 6.85. The van der Waals surface area contributed by atoms with E-state index in [2.05, 4.69) is 15.5 Å². The number of rotatable bonds is 5. The van der Waals surface area contributed by atoms with Gasteiger partial charge in [0.25, 0.3) is 5.69 Å². The molecule has 98 valence electrons. The Morgan fingerprint density at radius 1 is 1.37 bits per heavy atom. The minimum absolute atomic E-state index is 0.0698. The fourth-order valence-electron chi connectivity index (χ4n) is 1.77. The van der Waals surface area contributed by atoms with E-state index < -0.39 is 4.92 Å². The normalized spacial score (nSPS) is 14.5. The Balaban J connectivity index is 1.83. The molecule has 1 saturated carbocycles. The van der Waals surface area contributed by atoms with E-state index in [1.165, 1.54) is 30.2 Å². The smallest absolute Gasteiger partial charge is 0.279 e. The van der Waals surface area contributed by atoms with Gasteiger partial charge in [-0.15, -0.1) is 10.2 Å². The molecule has 2 aromatic rings. The molecule has 0 radical (unpaired) electrons. The van der Waals surface area contributed by atoms with Crippen molar-refractivity contribution in [2.45, 2.75) is 25.4 Å². The Bertz CT molecular complexity index is 609. The topological polar surface area (TPSA) is 81.0 Å². The second-order valence-electron chi connectivity index (χ2n) is 4.43. The number of nitro groups is 1. The summed E-state index contributed by atoms with van der Waals surface area (Å²) < 4.78 is 0. The van der Waals surface area contributed by atoms with Crippen LogP contribution in [-0.4, -0.2) is 21.2 Å². The average molecular weight is 276 g/mol. The summed E-state index contributed by atoms with van der Waals surface area (Å²) in [6.45, 7) is 0.683. The van der Waals surface area contributed by atoms with Crippen molar-refractivity contribution >= 4 is 17.0 Å². The molecular weight excluding hydrogens is 264 g/mol. The average Bonchev–Trinajstić information content (AvgIpc) is 3.13. The number of nitrogens with one attached hydrogen (secondary N) is 1. The predicted octanol–water partition coefficient (Wildman–Crippen LogP) is 2.37. The molecular formula is C12H12N4O2S. The third-order valence-electron chi connectivity index (χ3n) is 2.92. The van der Waals surface area contributed by atoms with Crippen LogP contribution in [0, 0.1) is 10.1 Å². The molecule has 1 aromatic heterocycles. The summed E-state index contributed by atoms with van der Waals surface area (Å²) in [6, 6.07) is 7.22. The molecule has 0 unspecified atom stereocenters. The first-order chi connectivity index (χ1) is 9.24. The Morgan fingerprint density at radius 3 is 2.89 bits per heavy atom. The molecule has 0 atom stereocenters. The molecule has 1 N–H and O–H groups in total. The standard InChI is InChI=1S/C12H12N4O2S/c17-16(18)10-4-2-1-3-9(10)12-15-14-11(19-12)7-13-8-5-6-8/h1-4,8,13H,5-7H2. The molecule has 3 rings (SSSR count). The van der Waals surface area contributed by atoms with Crippen molar-refractivity contribution in [1.82, 2.24) is 15.5 Å². The van der Waals surface area contributed by atoms with Gasteiger partial charge in [0.1, 0.15) is 5.01 Å². The zero-order chi connectivity index (χ0) is 13.2. The van der Waals surface area contributed by atoms with Crippen molar-refractivity contribution in [2.24, 2.45) is 0 Å². The number of hydrogen-bond donors (Lipinski definition) is 1. The lowest BCUT2D eigenvalue weighted by Crippen LogP contribution is -2.14. The fraction of sp³-hybridized carbons (Fsp3) is 0.333. The number of nitro benzene ring substituents is 1. The first-order valence-electron chi connectivity index (χ1n) is 6.03. The van der Waals surface area contributed by atoms with Gasteiger partial charge in [0.15, 0.2) is 5.01 Å². The molecule has 7 heteroatoms. The Hall–Kier alpha value is -1.86. The van der Waals surface area contributed by atoms with Gasteiger partial charge in [0.2, 0.25) is 0 Å². The molecule has 1 aliphatic rings. The molecule has 1 heterocycles. The highest BCUT2D eigenvalue weighted by Crippen LogP contribution is 2.31. The first kappa shape index (κ1) is 12.2. The van der Waals surface area contributed by atoms with E-state index in [0.717, 1.165) is 5.01 Å². The van der Waals surface area contributed by atoms with Crippen LogP contribution in [0.15, 0.2) is 24.3 Å². The highest BCUT2D eigenvalue weighted by Gasteiger charge is 2.22. The van der Waals surface area contributed by atoms with Crippen molar-refractivity contribution in [3.8, 4) is 10.6 Å². The Labute approximate surface area is 113 Å². The van der Waals surface area contributed by atoms with Crippen LogP contribution in [0.1, 0.15) is 17.8 Å². The summed E-state index contributed by atoms with van der Waals surface area (Å²) in [5.74, 6) is 0. The zero-order valence-corrected chi connectivity index (χ0v) is 10.9. The summed E-state index contributed by atoms with van der Waals surface area (Å²) in [4.78, 5) is 10.6. The van der Waals surface area contributed by atoms with E-state index >= 15 is 0 Å². The van der Waals surface area contributed by atoms with Gasteiger partial charge in [-0.05, 0) is 18.9 Å². The molecule has 0 aliphatic heterocycles. The van der Waals surface area contributed by atoms with Crippen molar-refractivity contribution in [3.63, 3.8) is 0 Å². The lowest BCUT2D eigenvalue weighted by atomic mass is 10.2. The van der Waals surface area contributed by atoms with E-state index in [1.54, 1.807) is 18.2 Å². The second-order valence-corrected chi connectivity index (χ2v) is 5.49. The number of hydrogen-bond acceptors (Lipinski definition) is 6. The molecule has 6 nitrogen and oxygen atoms in total. The fourth-order valence-corrected chi connectivity index (χ4v) is 2.59. The lowest BCUT2D eigenvalue weighted by molar-refractivity contribution is -0.384.